The van der Waals surface area contributed by atoms with Crippen LogP contribution in [0.5, 0.6) is 5.75 Å². The molecule has 108 valence electrons. The fraction of sp³-hybridized carbons (Fsp3) is 0. The summed E-state index contributed by atoms with van der Waals surface area (Å²) < 4.78 is 0. The van der Waals surface area contributed by atoms with E-state index >= 15 is 0 Å². The summed E-state index contributed by atoms with van der Waals surface area (Å²) >= 11 is 11.6. The van der Waals surface area contributed by atoms with Crippen molar-refractivity contribution >= 4 is 40.5 Å². The normalized spacial score (nSPS) is 10.2. The van der Waals surface area contributed by atoms with E-state index in [0.29, 0.717) is 0 Å². The second-order valence-corrected chi connectivity index (χ2v) is 4.83. The standard InChI is InChI=1S/C13H8Cl2N2O4/c14-8-6-11(17(20)21)9(15)5-10(8)16-13(19)7-3-1-2-4-12(7)18/h1-6,18H,(H,16,19). The lowest BCUT2D eigenvalue weighted by Gasteiger charge is -2.09. The number of carbonyl (C=O) groups is 1. The third kappa shape index (κ3) is 3.24. The zero-order valence-electron chi connectivity index (χ0n) is 10.3. The highest BCUT2D eigenvalue weighted by molar-refractivity contribution is 6.37. The van der Waals surface area contributed by atoms with Crippen molar-refractivity contribution in [1.82, 2.24) is 0 Å². The highest BCUT2D eigenvalue weighted by atomic mass is 35.5. The predicted molar refractivity (Wildman–Crippen MR) is 79.2 cm³/mol. The van der Waals surface area contributed by atoms with Crippen molar-refractivity contribution in [3.63, 3.8) is 0 Å². The van der Waals surface area contributed by atoms with Crippen molar-refractivity contribution in [1.29, 1.82) is 0 Å². The van der Waals surface area contributed by atoms with Crippen molar-refractivity contribution in [3.8, 4) is 5.75 Å². The Morgan fingerprint density at radius 3 is 2.48 bits per heavy atom. The third-order valence-corrected chi connectivity index (χ3v) is 3.25. The second kappa shape index (κ2) is 5.99. The van der Waals surface area contributed by atoms with Crippen LogP contribution in [0.25, 0.3) is 0 Å². The van der Waals surface area contributed by atoms with Gasteiger partial charge in [-0.25, -0.2) is 0 Å². The smallest absolute Gasteiger partial charge is 0.289 e. The number of benzene rings is 2. The molecule has 1 amide bonds. The summed E-state index contributed by atoms with van der Waals surface area (Å²) in [7, 11) is 0. The zero-order valence-corrected chi connectivity index (χ0v) is 11.9. The number of phenolic OH excluding ortho intramolecular Hbond substituents is 1. The summed E-state index contributed by atoms with van der Waals surface area (Å²) in [4.78, 5) is 22.0. The molecule has 0 unspecified atom stereocenters. The number of nitro benzene ring substituents is 1. The minimum absolute atomic E-state index is 0.0325. The second-order valence-electron chi connectivity index (χ2n) is 4.01. The van der Waals surface area contributed by atoms with Gasteiger partial charge in [-0.3, -0.25) is 14.9 Å². The van der Waals surface area contributed by atoms with Crippen molar-refractivity contribution in [2.45, 2.75) is 0 Å². The molecule has 0 aliphatic heterocycles. The van der Waals surface area contributed by atoms with Crippen LogP contribution in [0.3, 0.4) is 0 Å². The van der Waals surface area contributed by atoms with Crippen LogP contribution in [0.1, 0.15) is 10.4 Å². The number of carbonyl (C=O) groups excluding carboxylic acids is 1. The maximum absolute atomic E-state index is 12.0. The lowest BCUT2D eigenvalue weighted by atomic mass is 10.2. The van der Waals surface area contributed by atoms with E-state index < -0.39 is 10.8 Å². The Hall–Kier alpha value is -2.31. The number of nitrogens with one attached hydrogen (secondary N) is 1. The summed E-state index contributed by atoms with van der Waals surface area (Å²) in [5.41, 5.74) is -0.203. The van der Waals surface area contributed by atoms with E-state index in [2.05, 4.69) is 5.32 Å². The molecule has 0 radical (unpaired) electrons. The van der Waals surface area contributed by atoms with E-state index in [1.165, 1.54) is 18.2 Å². The number of halogens is 2. The minimum Gasteiger partial charge on any atom is -0.507 e. The number of nitrogens with zero attached hydrogens (tertiary/aromatic N) is 1. The summed E-state index contributed by atoms with van der Waals surface area (Å²) in [6.45, 7) is 0. The molecule has 8 heteroatoms. The van der Waals surface area contributed by atoms with Gasteiger partial charge in [-0.2, -0.15) is 0 Å². The third-order valence-electron chi connectivity index (χ3n) is 2.63. The summed E-state index contributed by atoms with van der Waals surface area (Å²) in [6.07, 6.45) is 0. The largest absolute Gasteiger partial charge is 0.507 e. The van der Waals surface area contributed by atoms with Crippen molar-refractivity contribution in [3.05, 3.63) is 62.1 Å². The lowest BCUT2D eigenvalue weighted by molar-refractivity contribution is -0.384. The number of amides is 1. The highest BCUT2D eigenvalue weighted by Crippen LogP contribution is 2.34. The van der Waals surface area contributed by atoms with Crippen LogP contribution in [0.4, 0.5) is 11.4 Å². The monoisotopic (exact) mass is 326 g/mol. The zero-order chi connectivity index (χ0) is 15.6. The van der Waals surface area contributed by atoms with Gasteiger partial charge in [-0.05, 0) is 18.2 Å². The van der Waals surface area contributed by atoms with Gasteiger partial charge in [0.1, 0.15) is 10.8 Å². The van der Waals surface area contributed by atoms with Gasteiger partial charge in [0, 0.05) is 6.07 Å². The highest BCUT2D eigenvalue weighted by Gasteiger charge is 2.18. The fourth-order valence-corrected chi connectivity index (χ4v) is 2.07. The van der Waals surface area contributed by atoms with E-state index in [1.54, 1.807) is 12.1 Å². The van der Waals surface area contributed by atoms with E-state index in [0.717, 1.165) is 6.07 Å². The summed E-state index contributed by atoms with van der Waals surface area (Å²) in [6, 6.07) is 8.16. The van der Waals surface area contributed by atoms with E-state index in [1.807, 2.05) is 0 Å². The van der Waals surface area contributed by atoms with E-state index in [9.17, 15) is 20.0 Å². The molecule has 0 bridgehead atoms. The average molecular weight is 327 g/mol. The minimum atomic E-state index is -0.678. The molecular weight excluding hydrogens is 319 g/mol. The molecule has 0 aromatic heterocycles. The number of hydrogen-bond acceptors (Lipinski definition) is 4. The molecule has 2 rings (SSSR count). The molecule has 0 aliphatic rings. The Morgan fingerprint density at radius 1 is 1.19 bits per heavy atom. The van der Waals surface area contributed by atoms with Crippen LogP contribution >= 0.6 is 23.2 Å². The molecule has 2 aromatic rings. The molecule has 21 heavy (non-hydrogen) atoms. The number of phenols is 1. The Balaban J connectivity index is 2.32. The molecule has 2 aromatic carbocycles. The molecule has 0 saturated heterocycles. The quantitative estimate of drug-likeness (QED) is 0.661. The molecule has 0 saturated carbocycles. The molecule has 0 atom stereocenters. The summed E-state index contributed by atoms with van der Waals surface area (Å²) in [5.74, 6) is -0.806. The van der Waals surface area contributed by atoms with Crippen molar-refractivity contribution in [2.24, 2.45) is 0 Å². The van der Waals surface area contributed by atoms with Gasteiger partial charge in [0.15, 0.2) is 0 Å². The molecule has 6 nitrogen and oxygen atoms in total. The number of nitro groups is 1. The van der Waals surface area contributed by atoms with Gasteiger partial charge in [0.05, 0.1) is 21.2 Å². The van der Waals surface area contributed by atoms with Gasteiger partial charge in [0.2, 0.25) is 0 Å². The maximum Gasteiger partial charge on any atom is 0.289 e. The molecular formula is C13H8Cl2N2O4. The topological polar surface area (TPSA) is 92.5 Å². The van der Waals surface area contributed by atoms with Gasteiger partial charge < -0.3 is 10.4 Å². The number of para-hydroxylation sites is 1. The van der Waals surface area contributed by atoms with Crippen LogP contribution in [0, 0.1) is 10.1 Å². The molecule has 0 heterocycles. The number of rotatable bonds is 3. The Kier molecular flexibility index (Phi) is 4.30. The summed E-state index contributed by atoms with van der Waals surface area (Å²) in [5, 5.41) is 22.6. The average Bonchev–Trinajstić information content (AvgIpc) is 2.42. The fourth-order valence-electron chi connectivity index (χ4n) is 1.63. The molecule has 2 N–H and O–H groups in total. The van der Waals surface area contributed by atoms with E-state index in [-0.39, 0.29) is 32.7 Å². The van der Waals surface area contributed by atoms with Gasteiger partial charge in [-0.1, -0.05) is 35.3 Å². The first kappa shape index (κ1) is 15.1. The van der Waals surface area contributed by atoms with Crippen LogP contribution in [0.15, 0.2) is 36.4 Å². The Bertz CT molecular complexity index is 734. The van der Waals surface area contributed by atoms with Crippen LogP contribution in [-0.2, 0) is 0 Å². The number of hydrogen-bond donors (Lipinski definition) is 2. The van der Waals surface area contributed by atoms with Crippen LogP contribution in [0.2, 0.25) is 10.0 Å². The molecule has 0 aliphatic carbocycles. The van der Waals surface area contributed by atoms with Gasteiger partial charge >= 0.3 is 0 Å². The Labute approximate surface area is 129 Å². The SMILES string of the molecule is O=C(Nc1cc(Cl)c([N+](=O)[O-])cc1Cl)c1ccccc1O. The maximum atomic E-state index is 12.0. The molecule has 0 fully saturated rings. The first-order valence-electron chi connectivity index (χ1n) is 5.63. The predicted octanol–water partition coefficient (Wildman–Crippen LogP) is 3.86. The van der Waals surface area contributed by atoms with Gasteiger partial charge in [0.25, 0.3) is 11.6 Å². The van der Waals surface area contributed by atoms with Crippen molar-refractivity contribution in [2.75, 3.05) is 5.32 Å². The van der Waals surface area contributed by atoms with Crippen LogP contribution in [-0.4, -0.2) is 15.9 Å². The van der Waals surface area contributed by atoms with Gasteiger partial charge in [-0.15, -0.1) is 0 Å². The molecule has 0 spiro atoms. The first-order chi connectivity index (χ1) is 9.90. The van der Waals surface area contributed by atoms with Crippen molar-refractivity contribution < 1.29 is 14.8 Å². The number of anilines is 1. The lowest BCUT2D eigenvalue weighted by Crippen LogP contribution is -2.12. The first-order valence-corrected chi connectivity index (χ1v) is 6.38. The van der Waals surface area contributed by atoms with E-state index in [4.69, 9.17) is 23.2 Å². The van der Waals surface area contributed by atoms with Crippen LogP contribution < -0.4 is 5.32 Å². The number of aromatic hydroxyl groups is 1. The Morgan fingerprint density at radius 2 is 1.86 bits per heavy atom.